The van der Waals surface area contributed by atoms with E-state index in [9.17, 15) is 12.8 Å². The van der Waals surface area contributed by atoms with Crippen LogP contribution in [0.3, 0.4) is 0 Å². The molecule has 0 amide bonds. The SMILES string of the molecule is Cn1c(-c2ccc(Br)cc2F)nnc1S(N)(=O)=O. The second-order valence-corrected chi connectivity index (χ2v) is 5.91. The standard InChI is InChI=1S/C9H8BrFN4O2S/c1-15-8(13-14-9(15)18(12,16)17)6-3-2-5(10)4-7(6)11/h2-4H,1H3,(H2,12,16,17). The van der Waals surface area contributed by atoms with E-state index in [-0.39, 0.29) is 11.4 Å². The van der Waals surface area contributed by atoms with Gasteiger partial charge in [0.25, 0.3) is 15.2 Å². The summed E-state index contributed by atoms with van der Waals surface area (Å²) >= 11 is 3.13. The van der Waals surface area contributed by atoms with Gasteiger partial charge in [0.1, 0.15) is 5.82 Å². The molecule has 2 rings (SSSR count). The normalized spacial score (nSPS) is 11.8. The molecule has 0 saturated heterocycles. The van der Waals surface area contributed by atoms with Crippen LogP contribution in [0.25, 0.3) is 11.4 Å². The third-order valence-electron chi connectivity index (χ3n) is 2.26. The maximum absolute atomic E-state index is 13.7. The summed E-state index contributed by atoms with van der Waals surface area (Å²) in [7, 11) is -2.58. The molecule has 0 fully saturated rings. The van der Waals surface area contributed by atoms with E-state index in [4.69, 9.17) is 5.14 Å². The molecule has 0 bridgehead atoms. The minimum absolute atomic E-state index is 0.0871. The van der Waals surface area contributed by atoms with Crippen molar-refractivity contribution in [1.82, 2.24) is 14.8 Å². The first-order valence-corrected chi connectivity index (χ1v) is 7.02. The molecule has 2 N–H and O–H groups in total. The van der Waals surface area contributed by atoms with E-state index >= 15 is 0 Å². The summed E-state index contributed by atoms with van der Waals surface area (Å²) in [5.41, 5.74) is 0.142. The average molecular weight is 335 g/mol. The first-order valence-electron chi connectivity index (χ1n) is 4.68. The zero-order valence-corrected chi connectivity index (χ0v) is 11.5. The molecule has 1 aromatic heterocycles. The highest BCUT2D eigenvalue weighted by Crippen LogP contribution is 2.24. The Kier molecular flexibility index (Phi) is 3.21. The molecular weight excluding hydrogens is 327 g/mol. The molecule has 0 aliphatic carbocycles. The number of nitrogens with zero attached hydrogens (tertiary/aromatic N) is 3. The zero-order chi connectivity index (χ0) is 13.5. The highest BCUT2D eigenvalue weighted by atomic mass is 79.9. The van der Waals surface area contributed by atoms with Crippen molar-refractivity contribution in [1.29, 1.82) is 0 Å². The molecule has 0 spiro atoms. The predicted molar refractivity (Wildman–Crippen MR) is 65.5 cm³/mol. The van der Waals surface area contributed by atoms with Gasteiger partial charge in [0.05, 0.1) is 5.56 Å². The van der Waals surface area contributed by atoms with Crippen molar-refractivity contribution in [2.45, 2.75) is 5.16 Å². The van der Waals surface area contributed by atoms with E-state index in [1.54, 1.807) is 6.07 Å². The molecule has 2 aromatic rings. The Morgan fingerprint density at radius 1 is 1.39 bits per heavy atom. The van der Waals surface area contributed by atoms with Gasteiger partial charge in [-0.1, -0.05) is 15.9 Å². The van der Waals surface area contributed by atoms with Crippen molar-refractivity contribution in [3.05, 3.63) is 28.5 Å². The number of nitrogens with two attached hydrogens (primary N) is 1. The maximum atomic E-state index is 13.7. The Morgan fingerprint density at radius 2 is 2.06 bits per heavy atom. The minimum atomic E-state index is -3.98. The summed E-state index contributed by atoms with van der Waals surface area (Å²) in [5.74, 6) is -0.454. The van der Waals surface area contributed by atoms with Gasteiger partial charge in [0.2, 0.25) is 0 Å². The second-order valence-electron chi connectivity index (χ2n) is 3.53. The number of hydrogen-bond donors (Lipinski definition) is 1. The third-order valence-corrected chi connectivity index (χ3v) is 3.62. The summed E-state index contributed by atoms with van der Waals surface area (Å²) in [6.07, 6.45) is 0. The molecule has 1 heterocycles. The van der Waals surface area contributed by atoms with Crippen molar-refractivity contribution < 1.29 is 12.8 Å². The first kappa shape index (κ1) is 13.1. The lowest BCUT2D eigenvalue weighted by atomic mass is 10.2. The topological polar surface area (TPSA) is 90.9 Å². The van der Waals surface area contributed by atoms with Gasteiger partial charge < -0.3 is 0 Å². The number of benzene rings is 1. The van der Waals surface area contributed by atoms with Crippen LogP contribution in [-0.2, 0) is 17.1 Å². The van der Waals surface area contributed by atoms with Crippen molar-refractivity contribution in [3.8, 4) is 11.4 Å². The lowest BCUT2D eigenvalue weighted by molar-refractivity contribution is 0.580. The van der Waals surface area contributed by atoms with Gasteiger partial charge >= 0.3 is 0 Å². The van der Waals surface area contributed by atoms with Crippen LogP contribution in [0.15, 0.2) is 27.8 Å². The minimum Gasteiger partial charge on any atom is -0.300 e. The second kappa shape index (κ2) is 4.41. The van der Waals surface area contributed by atoms with Crippen molar-refractivity contribution in [2.75, 3.05) is 0 Å². The van der Waals surface area contributed by atoms with Crippen LogP contribution >= 0.6 is 15.9 Å². The molecule has 0 aliphatic heterocycles. The molecule has 1 aromatic carbocycles. The Hall–Kier alpha value is -1.32. The third kappa shape index (κ3) is 2.28. The van der Waals surface area contributed by atoms with Crippen LogP contribution in [0.2, 0.25) is 0 Å². The summed E-state index contributed by atoms with van der Waals surface area (Å²) in [6, 6.07) is 4.33. The Bertz CT molecular complexity index is 713. The molecule has 0 saturated carbocycles. The molecule has 9 heteroatoms. The molecule has 0 radical (unpaired) electrons. The maximum Gasteiger partial charge on any atom is 0.273 e. The molecule has 0 unspecified atom stereocenters. The monoisotopic (exact) mass is 334 g/mol. The molecule has 6 nitrogen and oxygen atoms in total. The lowest BCUT2D eigenvalue weighted by Crippen LogP contribution is -2.17. The smallest absolute Gasteiger partial charge is 0.273 e. The highest BCUT2D eigenvalue weighted by Gasteiger charge is 2.21. The molecule has 18 heavy (non-hydrogen) atoms. The van der Waals surface area contributed by atoms with Gasteiger partial charge in [-0.2, -0.15) is 0 Å². The largest absolute Gasteiger partial charge is 0.300 e. The van der Waals surface area contributed by atoms with Gasteiger partial charge in [-0.25, -0.2) is 17.9 Å². The molecule has 0 aliphatic rings. The van der Waals surface area contributed by atoms with Crippen molar-refractivity contribution >= 4 is 26.0 Å². The lowest BCUT2D eigenvalue weighted by Gasteiger charge is -2.04. The molecule has 0 atom stereocenters. The summed E-state index contributed by atoms with van der Waals surface area (Å²) in [4.78, 5) is 0. The van der Waals surface area contributed by atoms with E-state index in [0.717, 1.165) is 4.57 Å². The number of sulfonamides is 1. The van der Waals surface area contributed by atoms with E-state index in [1.165, 1.54) is 19.2 Å². The Balaban J connectivity index is 2.63. The number of hydrogen-bond acceptors (Lipinski definition) is 4. The number of rotatable bonds is 2. The number of aromatic nitrogens is 3. The number of primary sulfonamides is 1. The summed E-state index contributed by atoms with van der Waals surface area (Å²) in [5, 5.41) is 11.6. The molecular formula is C9H8BrFN4O2S. The Morgan fingerprint density at radius 3 is 2.56 bits per heavy atom. The van der Waals surface area contributed by atoms with E-state index in [2.05, 4.69) is 26.1 Å². The van der Waals surface area contributed by atoms with E-state index in [1.807, 2.05) is 0 Å². The molecule has 96 valence electrons. The van der Waals surface area contributed by atoms with Crippen molar-refractivity contribution in [2.24, 2.45) is 12.2 Å². The fourth-order valence-electron chi connectivity index (χ4n) is 1.47. The van der Waals surface area contributed by atoms with Crippen molar-refractivity contribution in [3.63, 3.8) is 0 Å². The van der Waals surface area contributed by atoms with Crippen LogP contribution in [0.1, 0.15) is 0 Å². The van der Waals surface area contributed by atoms with Crippen LogP contribution in [-0.4, -0.2) is 23.2 Å². The van der Waals surface area contributed by atoms with Crippen LogP contribution < -0.4 is 5.14 Å². The summed E-state index contributed by atoms with van der Waals surface area (Å²) in [6.45, 7) is 0. The van der Waals surface area contributed by atoms with Gasteiger partial charge in [-0.05, 0) is 18.2 Å². The Labute approximate surface area is 111 Å². The highest BCUT2D eigenvalue weighted by molar-refractivity contribution is 9.10. The van der Waals surface area contributed by atoms with Crippen LogP contribution in [0, 0.1) is 5.82 Å². The first-order chi connectivity index (χ1) is 8.30. The zero-order valence-electron chi connectivity index (χ0n) is 9.13. The fraction of sp³-hybridized carbons (Fsp3) is 0.111. The quantitative estimate of drug-likeness (QED) is 0.887. The van der Waals surface area contributed by atoms with Gasteiger partial charge in [0, 0.05) is 11.5 Å². The van der Waals surface area contributed by atoms with E-state index in [0.29, 0.717) is 4.47 Å². The van der Waals surface area contributed by atoms with Gasteiger partial charge in [-0.3, -0.25) is 4.57 Å². The van der Waals surface area contributed by atoms with Gasteiger partial charge in [0.15, 0.2) is 5.82 Å². The average Bonchev–Trinajstić information content (AvgIpc) is 2.60. The fourth-order valence-corrected chi connectivity index (χ4v) is 2.42. The van der Waals surface area contributed by atoms with Crippen LogP contribution in [0.5, 0.6) is 0 Å². The van der Waals surface area contributed by atoms with Gasteiger partial charge in [-0.15, -0.1) is 10.2 Å². The predicted octanol–water partition coefficient (Wildman–Crippen LogP) is 1.03. The summed E-state index contributed by atoms with van der Waals surface area (Å²) < 4.78 is 37.8. The number of halogens is 2. The van der Waals surface area contributed by atoms with Crippen LogP contribution in [0.4, 0.5) is 4.39 Å². The van der Waals surface area contributed by atoms with E-state index < -0.39 is 21.0 Å².